The number of hydrogen-bond acceptors (Lipinski definition) is 3. The molecule has 3 nitrogen and oxygen atoms in total. The highest BCUT2D eigenvalue weighted by molar-refractivity contribution is 7.13. The second kappa shape index (κ2) is 6.03. The summed E-state index contributed by atoms with van der Waals surface area (Å²) in [4.78, 5) is 1.23. The van der Waals surface area contributed by atoms with Gasteiger partial charge in [0.2, 0.25) is 0 Å². The normalized spacial score (nSPS) is 12.4. The first-order chi connectivity index (χ1) is 9.84. The Morgan fingerprint density at radius 3 is 2.80 bits per heavy atom. The molecular weight excluding hydrogens is 266 g/mol. The van der Waals surface area contributed by atoms with Crippen LogP contribution in [0.1, 0.15) is 24.1 Å². The molecule has 3 rings (SSSR count). The predicted molar refractivity (Wildman–Crippen MR) is 83.6 cm³/mol. The van der Waals surface area contributed by atoms with Crippen molar-refractivity contribution in [3.8, 4) is 10.6 Å². The SMILES string of the molecule is C[C@H](NCc1cn[nH]c1-c1cccs1)c1ccccc1. The lowest BCUT2D eigenvalue weighted by Gasteiger charge is -2.14. The maximum atomic E-state index is 4.17. The molecule has 0 aliphatic rings. The first-order valence-corrected chi connectivity index (χ1v) is 7.57. The number of rotatable bonds is 5. The molecule has 0 spiro atoms. The zero-order valence-corrected chi connectivity index (χ0v) is 12.2. The van der Waals surface area contributed by atoms with Crippen LogP contribution in [0.15, 0.2) is 54.0 Å². The van der Waals surface area contributed by atoms with E-state index >= 15 is 0 Å². The van der Waals surface area contributed by atoms with E-state index in [2.05, 4.69) is 64.2 Å². The van der Waals surface area contributed by atoms with Gasteiger partial charge in [0.1, 0.15) is 0 Å². The molecule has 0 unspecified atom stereocenters. The first kappa shape index (κ1) is 13.1. The van der Waals surface area contributed by atoms with Gasteiger partial charge in [-0.3, -0.25) is 5.10 Å². The number of nitrogens with one attached hydrogen (secondary N) is 2. The van der Waals surface area contributed by atoms with E-state index in [0.29, 0.717) is 6.04 Å². The standard InChI is InChI=1S/C16H17N3S/c1-12(13-6-3-2-4-7-13)17-10-14-11-18-19-16(14)15-8-5-9-20-15/h2-9,11-12,17H,10H2,1H3,(H,18,19)/t12-/m0/s1. The third-order valence-electron chi connectivity index (χ3n) is 3.38. The molecule has 2 N–H and O–H groups in total. The van der Waals surface area contributed by atoms with Gasteiger partial charge in [-0.05, 0) is 23.9 Å². The molecule has 0 aliphatic heterocycles. The Morgan fingerprint density at radius 1 is 1.20 bits per heavy atom. The highest BCUT2D eigenvalue weighted by atomic mass is 32.1. The molecule has 4 heteroatoms. The highest BCUT2D eigenvalue weighted by Crippen LogP contribution is 2.26. The van der Waals surface area contributed by atoms with Crippen molar-refractivity contribution >= 4 is 11.3 Å². The summed E-state index contributed by atoms with van der Waals surface area (Å²) in [5.41, 5.74) is 3.62. The minimum atomic E-state index is 0.322. The van der Waals surface area contributed by atoms with Gasteiger partial charge in [-0.1, -0.05) is 36.4 Å². The summed E-state index contributed by atoms with van der Waals surface area (Å²) in [6.45, 7) is 2.99. The maximum Gasteiger partial charge on any atom is 0.0794 e. The first-order valence-electron chi connectivity index (χ1n) is 6.69. The van der Waals surface area contributed by atoms with E-state index in [9.17, 15) is 0 Å². The Kier molecular flexibility index (Phi) is 3.95. The van der Waals surface area contributed by atoms with Gasteiger partial charge in [-0.2, -0.15) is 5.10 Å². The molecular formula is C16H17N3S. The van der Waals surface area contributed by atoms with Gasteiger partial charge >= 0.3 is 0 Å². The lowest BCUT2D eigenvalue weighted by atomic mass is 10.1. The van der Waals surface area contributed by atoms with Crippen molar-refractivity contribution in [3.63, 3.8) is 0 Å². The van der Waals surface area contributed by atoms with Crippen LogP contribution in [-0.4, -0.2) is 10.2 Å². The predicted octanol–water partition coefficient (Wildman–Crippen LogP) is 3.99. The molecule has 102 valence electrons. The number of H-pyrrole nitrogens is 1. The Bertz CT molecular complexity index is 643. The molecule has 3 aromatic rings. The topological polar surface area (TPSA) is 40.7 Å². The molecule has 1 aromatic carbocycles. The lowest BCUT2D eigenvalue weighted by Crippen LogP contribution is -2.18. The van der Waals surface area contributed by atoms with Crippen LogP contribution >= 0.6 is 11.3 Å². The van der Waals surface area contributed by atoms with Gasteiger partial charge in [0.05, 0.1) is 16.8 Å². The van der Waals surface area contributed by atoms with Gasteiger partial charge in [0.25, 0.3) is 0 Å². The highest BCUT2D eigenvalue weighted by Gasteiger charge is 2.10. The summed E-state index contributed by atoms with van der Waals surface area (Å²) in [6, 6.07) is 15.0. The Balaban J connectivity index is 1.69. The minimum absolute atomic E-state index is 0.322. The van der Waals surface area contributed by atoms with Crippen LogP contribution in [0.5, 0.6) is 0 Å². The zero-order valence-electron chi connectivity index (χ0n) is 11.3. The Labute approximate surface area is 122 Å². The van der Waals surface area contributed by atoms with Crippen LogP contribution in [0.3, 0.4) is 0 Å². The van der Waals surface area contributed by atoms with Gasteiger partial charge in [0.15, 0.2) is 0 Å². The lowest BCUT2D eigenvalue weighted by molar-refractivity contribution is 0.575. The summed E-state index contributed by atoms with van der Waals surface area (Å²) in [5.74, 6) is 0. The molecule has 2 aromatic heterocycles. The molecule has 0 aliphatic carbocycles. The van der Waals surface area contributed by atoms with Gasteiger partial charge in [0, 0.05) is 18.2 Å². The smallest absolute Gasteiger partial charge is 0.0794 e. The molecule has 1 atom stereocenters. The second-order valence-electron chi connectivity index (χ2n) is 4.76. The zero-order chi connectivity index (χ0) is 13.8. The number of thiophene rings is 1. The minimum Gasteiger partial charge on any atom is -0.306 e. The van der Waals surface area contributed by atoms with Crippen LogP contribution in [0.4, 0.5) is 0 Å². The van der Waals surface area contributed by atoms with E-state index in [-0.39, 0.29) is 0 Å². The van der Waals surface area contributed by atoms with Crippen LogP contribution in [0, 0.1) is 0 Å². The molecule has 0 bridgehead atoms. The number of benzene rings is 1. The van der Waals surface area contributed by atoms with E-state index in [1.54, 1.807) is 11.3 Å². The van der Waals surface area contributed by atoms with E-state index in [0.717, 1.165) is 12.2 Å². The average Bonchev–Trinajstić information content (AvgIpc) is 3.16. The fourth-order valence-electron chi connectivity index (χ4n) is 2.20. The van der Waals surface area contributed by atoms with E-state index in [1.807, 2.05) is 12.3 Å². The summed E-state index contributed by atoms with van der Waals surface area (Å²) in [6.07, 6.45) is 1.90. The quantitative estimate of drug-likeness (QED) is 0.743. The molecule has 0 fully saturated rings. The van der Waals surface area contributed by atoms with Crippen molar-refractivity contribution in [1.82, 2.24) is 15.5 Å². The molecule has 2 heterocycles. The van der Waals surface area contributed by atoms with E-state index in [1.165, 1.54) is 16.0 Å². The third kappa shape index (κ3) is 2.81. The van der Waals surface area contributed by atoms with E-state index < -0.39 is 0 Å². The van der Waals surface area contributed by atoms with Crippen molar-refractivity contribution in [2.24, 2.45) is 0 Å². The van der Waals surface area contributed by atoms with Gasteiger partial charge in [-0.25, -0.2) is 0 Å². The number of hydrogen-bond donors (Lipinski definition) is 2. The summed E-state index contributed by atoms with van der Waals surface area (Å²) < 4.78 is 0. The average molecular weight is 283 g/mol. The largest absolute Gasteiger partial charge is 0.306 e. The van der Waals surface area contributed by atoms with Crippen LogP contribution < -0.4 is 5.32 Å². The Hall–Kier alpha value is -1.91. The molecule has 0 radical (unpaired) electrons. The van der Waals surface area contributed by atoms with Crippen molar-refractivity contribution in [2.45, 2.75) is 19.5 Å². The van der Waals surface area contributed by atoms with Gasteiger partial charge < -0.3 is 5.32 Å². The molecule has 0 saturated heterocycles. The van der Waals surface area contributed by atoms with Crippen LogP contribution in [0.2, 0.25) is 0 Å². The third-order valence-corrected chi connectivity index (χ3v) is 4.27. The van der Waals surface area contributed by atoms with Crippen molar-refractivity contribution in [3.05, 3.63) is 65.2 Å². The van der Waals surface area contributed by atoms with E-state index in [4.69, 9.17) is 0 Å². The van der Waals surface area contributed by atoms with Crippen molar-refractivity contribution in [1.29, 1.82) is 0 Å². The summed E-state index contributed by atoms with van der Waals surface area (Å²) in [5, 5.41) is 12.9. The van der Waals surface area contributed by atoms with Crippen LogP contribution in [0.25, 0.3) is 10.6 Å². The fraction of sp³-hybridized carbons (Fsp3) is 0.188. The summed E-state index contributed by atoms with van der Waals surface area (Å²) >= 11 is 1.73. The fourth-order valence-corrected chi connectivity index (χ4v) is 2.96. The van der Waals surface area contributed by atoms with Crippen LogP contribution in [-0.2, 0) is 6.54 Å². The molecule has 0 amide bonds. The number of aromatic nitrogens is 2. The monoisotopic (exact) mass is 283 g/mol. The molecule has 0 saturated carbocycles. The van der Waals surface area contributed by atoms with Crippen molar-refractivity contribution in [2.75, 3.05) is 0 Å². The maximum absolute atomic E-state index is 4.17. The Morgan fingerprint density at radius 2 is 2.05 bits per heavy atom. The number of nitrogens with zero attached hydrogens (tertiary/aromatic N) is 1. The summed E-state index contributed by atoms with van der Waals surface area (Å²) in [7, 11) is 0. The van der Waals surface area contributed by atoms with Crippen molar-refractivity contribution < 1.29 is 0 Å². The number of aromatic amines is 1. The second-order valence-corrected chi connectivity index (χ2v) is 5.71. The van der Waals surface area contributed by atoms with Gasteiger partial charge in [-0.15, -0.1) is 11.3 Å². The molecule has 20 heavy (non-hydrogen) atoms.